The molecule has 0 aromatic heterocycles. The Balaban J connectivity index is 2.63. The Morgan fingerprint density at radius 3 is 2.77 bits per heavy atom. The summed E-state index contributed by atoms with van der Waals surface area (Å²) in [7, 11) is 0. The molecule has 0 aliphatic rings. The highest BCUT2D eigenvalue weighted by Gasteiger charge is 2.01. The number of benzene rings is 1. The maximum Gasteiger partial charge on any atom is 0.240 e. The zero-order valence-corrected chi connectivity index (χ0v) is 7.37. The van der Waals surface area contributed by atoms with Crippen molar-refractivity contribution in [3.63, 3.8) is 0 Å². The molecule has 0 saturated heterocycles. The SMILES string of the molecule is Cc1ccccc1NC(=O)CNO. The van der Waals surface area contributed by atoms with Crippen LogP contribution < -0.4 is 10.8 Å². The standard InChI is InChI=1S/C9H12N2O2/c1-7-4-2-3-5-8(7)11-9(12)6-10-13/h2-5,10,13H,6H2,1H3,(H,11,12). The van der Waals surface area contributed by atoms with Gasteiger partial charge in [-0.1, -0.05) is 18.2 Å². The Bertz CT molecular complexity index is 299. The highest BCUT2D eigenvalue weighted by Crippen LogP contribution is 2.12. The molecular formula is C9H12N2O2. The molecule has 70 valence electrons. The molecule has 4 nitrogen and oxygen atoms in total. The van der Waals surface area contributed by atoms with E-state index in [0.29, 0.717) is 0 Å². The predicted molar refractivity (Wildman–Crippen MR) is 49.6 cm³/mol. The number of amides is 1. The summed E-state index contributed by atoms with van der Waals surface area (Å²) in [6.45, 7) is 1.80. The van der Waals surface area contributed by atoms with E-state index in [1.54, 1.807) is 5.48 Å². The van der Waals surface area contributed by atoms with E-state index in [1.807, 2.05) is 31.2 Å². The van der Waals surface area contributed by atoms with Crippen molar-refractivity contribution in [2.75, 3.05) is 11.9 Å². The summed E-state index contributed by atoms with van der Waals surface area (Å²) in [6, 6.07) is 7.46. The van der Waals surface area contributed by atoms with Crippen LogP contribution in [0.1, 0.15) is 5.56 Å². The van der Waals surface area contributed by atoms with E-state index in [1.165, 1.54) is 0 Å². The van der Waals surface area contributed by atoms with Gasteiger partial charge in [-0.3, -0.25) is 4.79 Å². The smallest absolute Gasteiger partial charge is 0.240 e. The van der Waals surface area contributed by atoms with Crippen molar-refractivity contribution in [1.29, 1.82) is 0 Å². The van der Waals surface area contributed by atoms with Gasteiger partial charge in [0.15, 0.2) is 0 Å². The normalized spacial score (nSPS) is 9.69. The number of hydrogen-bond donors (Lipinski definition) is 3. The molecule has 0 fully saturated rings. The van der Waals surface area contributed by atoms with Gasteiger partial charge in [-0.25, -0.2) is 0 Å². The van der Waals surface area contributed by atoms with Crippen LogP contribution in [0.2, 0.25) is 0 Å². The average molecular weight is 180 g/mol. The van der Waals surface area contributed by atoms with Crippen LogP contribution in [0.15, 0.2) is 24.3 Å². The fraction of sp³-hybridized carbons (Fsp3) is 0.222. The van der Waals surface area contributed by atoms with Crippen molar-refractivity contribution in [2.45, 2.75) is 6.92 Å². The summed E-state index contributed by atoms with van der Waals surface area (Å²) >= 11 is 0. The molecule has 0 unspecified atom stereocenters. The van der Waals surface area contributed by atoms with Gasteiger partial charge in [0.2, 0.25) is 5.91 Å². The predicted octanol–water partition coefficient (Wildman–Crippen LogP) is 0.912. The monoisotopic (exact) mass is 180 g/mol. The molecule has 4 heteroatoms. The molecule has 0 atom stereocenters. The van der Waals surface area contributed by atoms with Crippen molar-refractivity contribution in [1.82, 2.24) is 5.48 Å². The number of anilines is 1. The fourth-order valence-electron chi connectivity index (χ4n) is 0.979. The Kier molecular flexibility index (Phi) is 3.42. The van der Waals surface area contributed by atoms with Crippen molar-refractivity contribution in [2.24, 2.45) is 0 Å². The molecule has 1 aromatic carbocycles. The number of carbonyl (C=O) groups excluding carboxylic acids is 1. The van der Waals surface area contributed by atoms with Crippen LogP contribution in [-0.2, 0) is 4.79 Å². The van der Waals surface area contributed by atoms with Gasteiger partial charge >= 0.3 is 0 Å². The highest BCUT2D eigenvalue weighted by atomic mass is 16.5. The summed E-state index contributed by atoms with van der Waals surface area (Å²) in [5, 5.41) is 10.9. The minimum Gasteiger partial charge on any atom is -0.325 e. The van der Waals surface area contributed by atoms with Crippen LogP contribution >= 0.6 is 0 Å². The van der Waals surface area contributed by atoms with E-state index < -0.39 is 0 Å². The molecule has 0 spiro atoms. The van der Waals surface area contributed by atoms with Crippen molar-refractivity contribution >= 4 is 11.6 Å². The quantitative estimate of drug-likeness (QED) is 0.606. The topological polar surface area (TPSA) is 61.4 Å². The molecule has 1 aromatic rings. The minimum absolute atomic E-state index is 0.103. The van der Waals surface area contributed by atoms with Gasteiger partial charge in [-0.15, -0.1) is 0 Å². The van der Waals surface area contributed by atoms with Crippen LogP contribution in [-0.4, -0.2) is 17.7 Å². The van der Waals surface area contributed by atoms with E-state index in [0.717, 1.165) is 11.3 Å². The molecule has 0 aliphatic carbocycles. The number of aryl methyl sites for hydroxylation is 1. The average Bonchev–Trinajstić information content (AvgIpc) is 2.09. The molecule has 0 heterocycles. The van der Waals surface area contributed by atoms with E-state index in [9.17, 15) is 4.79 Å². The summed E-state index contributed by atoms with van der Waals surface area (Å²) in [5.41, 5.74) is 3.56. The van der Waals surface area contributed by atoms with Crippen molar-refractivity contribution in [3.8, 4) is 0 Å². The van der Waals surface area contributed by atoms with Gasteiger partial charge in [0, 0.05) is 5.69 Å². The third-order valence-electron chi connectivity index (χ3n) is 1.66. The largest absolute Gasteiger partial charge is 0.325 e. The Hall–Kier alpha value is -1.39. The lowest BCUT2D eigenvalue weighted by molar-refractivity contribution is -0.116. The number of hydroxylamine groups is 1. The number of carbonyl (C=O) groups is 1. The van der Waals surface area contributed by atoms with Gasteiger partial charge in [-0.05, 0) is 18.6 Å². The second-order valence-electron chi connectivity index (χ2n) is 2.70. The van der Waals surface area contributed by atoms with Gasteiger partial charge in [0.1, 0.15) is 6.54 Å². The van der Waals surface area contributed by atoms with Crippen LogP contribution in [0, 0.1) is 6.92 Å². The van der Waals surface area contributed by atoms with E-state index in [4.69, 9.17) is 5.21 Å². The number of nitrogens with one attached hydrogen (secondary N) is 2. The second-order valence-corrected chi connectivity index (χ2v) is 2.70. The zero-order valence-electron chi connectivity index (χ0n) is 7.37. The van der Waals surface area contributed by atoms with E-state index >= 15 is 0 Å². The lowest BCUT2D eigenvalue weighted by atomic mass is 10.2. The molecule has 1 rings (SSSR count). The lowest BCUT2D eigenvalue weighted by Crippen LogP contribution is -2.25. The first-order chi connectivity index (χ1) is 6.24. The van der Waals surface area contributed by atoms with Crippen LogP contribution in [0.3, 0.4) is 0 Å². The van der Waals surface area contributed by atoms with Gasteiger partial charge in [0.25, 0.3) is 0 Å². The number of hydrogen-bond acceptors (Lipinski definition) is 3. The minimum atomic E-state index is -0.267. The van der Waals surface area contributed by atoms with Crippen LogP contribution in [0.25, 0.3) is 0 Å². The summed E-state index contributed by atoms with van der Waals surface area (Å²) in [5.74, 6) is -0.267. The maximum atomic E-state index is 11.0. The Morgan fingerprint density at radius 2 is 2.15 bits per heavy atom. The molecule has 0 radical (unpaired) electrons. The molecule has 1 amide bonds. The molecule has 13 heavy (non-hydrogen) atoms. The van der Waals surface area contributed by atoms with Gasteiger partial charge in [0.05, 0.1) is 0 Å². The van der Waals surface area contributed by atoms with Crippen molar-refractivity contribution in [3.05, 3.63) is 29.8 Å². The second kappa shape index (κ2) is 4.59. The molecule has 0 aliphatic heterocycles. The summed E-state index contributed by atoms with van der Waals surface area (Å²) < 4.78 is 0. The summed E-state index contributed by atoms with van der Waals surface area (Å²) in [6.07, 6.45) is 0. The zero-order chi connectivity index (χ0) is 9.68. The Morgan fingerprint density at radius 1 is 1.46 bits per heavy atom. The third kappa shape index (κ3) is 2.85. The Labute approximate surface area is 76.5 Å². The lowest BCUT2D eigenvalue weighted by Gasteiger charge is -2.06. The first-order valence-electron chi connectivity index (χ1n) is 3.96. The first kappa shape index (κ1) is 9.70. The first-order valence-corrected chi connectivity index (χ1v) is 3.96. The third-order valence-corrected chi connectivity index (χ3v) is 1.66. The van der Waals surface area contributed by atoms with Gasteiger partial charge < -0.3 is 10.5 Å². The van der Waals surface area contributed by atoms with E-state index in [-0.39, 0.29) is 12.5 Å². The number of para-hydroxylation sites is 1. The molecular weight excluding hydrogens is 168 g/mol. The maximum absolute atomic E-state index is 11.0. The summed E-state index contributed by atoms with van der Waals surface area (Å²) in [4.78, 5) is 11.0. The fourth-order valence-corrected chi connectivity index (χ4v) is 0.979. The van der Waals surface area contributed by atoms with Gasteiger partial charge in [-0.2, -0.15) is 5.48 Å². The highest BCUT2D eigenvalue weighted by molar-refractivity contribution is 5.92. The molecule has 3 N–H and O–H groups in total. The number of rotatable bonds is 3. The van der Waals surface area contributed by atoms with Crippen molar-refractivity contribution < 1.29 is 10.0 Å². The van der Waals surface area contributed by atoms with Crippen LogP contribution in [0.4, 0.5) is 5.69 Å². The molecule has 0 saturated carbocycles. The van der Waals surface area contributed by atoms with Crippen LogP contribution in [0.5, 0.6) is 0 Å². The van der Waals surface area contributed by atoms with E-state index in [2.05, 4.69) is 5.32 Å². The molecule has 0 bridgehead atoms.